The first-order valence-electron chi connectivity index (χ1n) is 7.74. The summed E-state index contributed by atoms with van der Waals surface area (Å²) in [6, 6.07) is 11.0. The summed E-state index contributed by atoms with van der Waals surface area (Å²) in [4.78, 5) is 28.9. The maximum atomic E-state index is 11.3. The summed E-state index contributed by atoms with van der Waals surface area (Å²) >= 11 is 0. The summed E-state index contributed by atoms with van der Waals surface area (Å²) in [5.74, 6) is 5.53. The number of hydrazine groups is 1. The van der Waals surface area contributed by atoms with E-state index in [1.54, 1.807) is 24.5 Å². The lowest BCUT2D eigenvalue weighted by molar-refractivity contribution is -0.757. The molecule has 0 atom stereocenters. The lowest BCUT2D eigenvalue weighted by atomic mass is 10.2. The van der Waals surface area contributed by atoms with Crippen molar-refractivity contribution in [2.24, 2.45) is 5.84 Å². The Kier molecular flexibility index (Phi) is 7.36. The van der Waals surface area contributed by atoms with Crippen molar-refractivity contribution < 1.29 is 14.7 Å². The Morgan fingerprint density at radius 1 is 1.22 bits per heavy atom. The number of nitrogen functional groups attached to an aromatic ring is 1. The second-order valence-corrected chi connectivity index (χ2v) is 4.98. The van der Waals surface area contributed by atoms with Gasteiger partial charge in [0, 0.05) is 29.7 Å². The van der Waals surface area contributed by atoms with E-state index in [0.717, 1.165) is 10.8 Å². The summed E-state index contributed by atoms with van der Waals surface area (Å²) in [5, 5.41) is 21.0. The van der Waals surface area contributed by atoms with Crippen molar-refractivity contribution in [3.8, 4) is 0 Å². The quantitative estimate of drug-likeness (QED) is 0.248. The molecule has 0 aliphatic heterocycles. The summed E-state index contributed by atoms with van der Waals surface area (Å²) in [6.07, 6.45) is 4.66. The molecular weight excluding hydrogens is 354 g/mol. The fraction of sp³-hybridized carbons (Fsp3) is 0.125. The molecule has 2 heterocycles. The van der Waals surface area contributed by atoms with Crippen LogP contribution in [0.3, 0.4) is 0 Å². The number of hydrogen-bond acceptors (Lipinski definition) is 9. The SMILES string of the molecule is NNc1nncc2ccccc12.O=C(NCCO[N+](=O)[O-])c1cccnc1. The summed E-state index contributed by atoms with van der Waals surface area (Å²) < 4.78 is 0. The Bertz CT molecular complexity index is 887. The minimum atomic E-state index is -0.907. The standard InChI is InChI=1S/C8H8N4.C8H9N3O4/c9-11-8-7-4-2-1-3-6(7)5-10-12-8;12-8(7-2-1-3-9-6-7)10-4-5-15-11(13)14/h1-5H,9H2,(H,11,12);1-3,6H,4-5H2,(H,10,12). The Morgan fingerprint density at radius 3 is 2.74 bits per heavy atom. The molecule has 0 aliphatic carbocycles. The smallest absolute Gasteiger partial charge is 0.294 e. The van der Waals surface area contributed by atoms with Crippen molar-refractivity contribution in [3.05, 3.63) is 70.7 Å². The van der Waals surface area contributed by atoms with E-state index in [0.29, 0.717) is 11.4 Å². The third-order valence-corrected chi connectivity index (χ3v) is 3.22. The Labute approximate surface area is 153 Å². The molecule has 11 nitrogen and oxygen atoms in total. The molecule has 140 valence electrons. The maximum absolute atomic E-state index is 11.3. The van der Waals surface area contributed by atoms with Crippen molar-refractivity contribution in [3.63, 3.8) is 0 Å². The number of nitrogens with two attached hydrogens (primary N) is 1. The molecule has 0 aliphatic rings. The predicted molar refractivity (Wildman–Crippen MR) is 96.9 cm³/mol. The molecule has 3 rings (SSSR count). The Balaban J connectivity index is 0.000000198. The number of carbonyl (C=O) groups excluding carboxylic acids is 1. The van der Waals surface area contributed by atoms with Crippen LogP contribution in [0.4, 0.5) is 5.82 Å². The highest BCUT2D eigenvalue weighted by Gasteiger charge is 2.04. The van der Waals surface area contributed by atoms with E-state index in [2.05, 4.69) is 30.8 Å². The average molecular weight is 371 g/mol. The Hall–Kier alpha value is -3.86. The molecule has 3 aromatic rings. The van der Waals surface area contributed by atoms with E-state index >= 15 is 0 Å². The molecule has 4 N–H and O–H groups in total. The van der Waals surface area contributed by atoms with Gasteiger partial charge in [-0.15, -0.1) is 15.2 Å². The number of fused-ring (bicyclic) bond motifs is 1. The van der Waals surface area contributed by atoms with Gasteiger partial charge in [0.15, 0.2) is 5.82 Å². The lowest BCUT2D eigenvalue weighted by Crippen LogP contribution is -2.27. The number of aromatic nitrogens is 3. The van der Waals surface area contributed by atoms with Gasteiger partial charge in [0.2, 0.25) is 0 Å². The van der Waals surface area contributed by atoms with Crippen molar-refractivity contribution in [1.82, 2.24) is 20.5 Å². The van der Waals surface area contributed by atoms with Crippen molar-refractivity contribution >= 4 is 22.5 Å². The molecular formula is C16H17N7O4. The van der Waals surface area contributed by atoms with Gasteiger partial charge >= 0.3 is 0 Å². The summed E-state index contributed by atoms with van der Waals surface area (Å²) in [6.45, 7) is -0.0896. The van der Waals surface area contributed by atoms with Crippen molar-refractivity contribution in [2.45, 2.75) is 0 Å². The second kappa shape index (κ2) is 10.2. The minimum absolute atomic E-state index is 0.0781. The second-order valence-electron chi connectivity index (χ2n) is 4.98. The average Bonchev–Trinajstić information content (AvgIpc) is 2.71. The fourth-order valence-electron chi connectivity index (χ4n) is 2.02. The molecule has 27 heavy (non-hydrogen) atoms. The first kappa shape index (κ1) is 19.5. The highest BCUT2D eigenvalue weighted by molar-refractivity contribution is 5.93. The van der Waals surface area contributed by atoms with Crippen LogP contribution in [0.25, 0.3) is 10.8 Å². The number of anilines is 1. The van der Waals surface area contributed by atoms with E-state index in [9.17, 15) is 14.9 Å². The zero-order chi connectivity index (χ0) is 19.5. The number of pyridine rings is 1. The van der Waals surface area contributed by atoms with Gasteiger partial charge in [-0.25, -0.2) is 5.84 Å². The van der Waals surface area contributed by atoms with E-state index < -0.39 is 5.09 Å². The molecule has 0 saturated carbocycles. The maximum Gasteiger partial charge on any atom is 0.294 e. The summed E-state index contributed by atoms with van der Waals surface area (Å²) in [5.41, 5.74) is 2.90. The van der Waals surface area contributed by atoms with Crippen LogP contribution in [0.1, 0.15) is 10.4 Å². The van der Waals surface area contributed by atoms with Crippen LogP contribution in [0.5, 0.6) is 0 Å². The minimum Gasteiger partial charge on any atom is -0.350 e. The van der Waals surface area contributed by atoms with Crippen LogP contribution in [-0.4, -0.2) is 39.3 Å². The van der Waals surface area contributed by atoms with Gasteiger partial charge in [-0.2, -0.15) is 5.10 Å². The number of benzene rings is 1. The van der Waals surface area contributed by atoms with E-state index in [4.69, 9.17) is 5.84 Å². The zero-order valence-corrected chi connectivity index (χ0v) is 14.1. The van der Waals surface area contributed by atoms with Crippen LogP contribution in [0, 0.1) is 10.1 Å². The van der Waals surface area contributed by atoms with Gasteiger partial charge in [0.05, 0.1) is 11.8 Å². The first-order chi connectivity index (χ1) is 13.1. The molecule has 0 saturated heterocycles. The first-order valence-corrected chi connectivity index (χ1v) is 7.74. The number of nitrogens with zero attached hydrogens (tertiary/aromatic N) is 4. The van der Waals surface area contributed by atoms with Crippen LogP contribution in [0.2, 0.25) is 0 Å². The van der Waals surface area contributed by atoms with Gasteiger partial charge in [0.25, 0.3) is 11.0 Å². The monoisotopic (exact) mass is 371 g/mol. The van der Waals surface area contributed by atoms with Crippen LogP contribution >= 0.6 is 0 Å². The highest BCUT2D eigenvalue weighted by Crippen LogP contribution is 2.17. The third kappa shape index (κ3) is 6.17. The number of nitrogens with one attached hydrogen (secondary N) is 2. The van der Waals surface area contributed by atoms with Gasteiger partial charge in [-0.1, -0.05) is 24.3 Å². The highest BCUT2D eigenvalue weighted by atomic mass is 16.9. The molecule has 1 amide bonds. The van der Waals surface area contributed by atoms with Crippen LogP contribution in [-0.2, 0) is 4.84 Å². The van der Waals surface area contributed by atoms with Gasteiger partial charge in [0.1, 0.15) is 6.61 Å². The Morgan fingerprint density at radius 2 is 2.04 bits per heavy atom. The topological polar surface area (TPSA) is 158 Å². The number of amides is 1. The van der Waals surface area contributed by atoms with Crippen LogP contribution < -0.4 is 16.6 Å². The molecule has 1 aromatic carbocycles. The normalized spacial score (nSPS) is 9.67. The molecule has 0 spiro atoms. The summed E-state index contributed by atoms with van der Waals surface area (Å²) in [7, 11) is 0. The number of rotatable bonds is 6. The molecule has 2 aromatic heterocycles. The van der Waals surface area contributed by atoms with E-state index in [1.165, 1.54) is 6.20 Å². The van der Waals surface area contributed by atoms with Crippen LogP contribution in [0.15, 0.2) is 55.0 Å². The zero-order valence-electron chi connectivity index (χ0n) is 14.1. The molecule has 0 unspecified atom stereocenters. The molecule has 11 heteroatoms. The molecule has 0 fully saturated rings. The number of carbonyl (C=O) groups is 1. The van der Waals surface area contributed by atoms with Gasteiger partial charge < -0.3 is 15.6 Å². The van der Waals surface area contributed by atoms with Crippen molar-refractivity contribution in [2.75, 3.05) is 18.6 Å². The van der Waals surface area contributed by atoms with E-state index in [-0.39, 0.29) is 19.1 Å². The van der Waals surface area contributed by atoms with E-state index in [1.807, 2.05) is 24.3 Å². The molecule has 0 radical (unpaired) electrons. The van der Waals surface area contributed by atoms with Crippen molar-refractivity contribution in [1.29, 1.82) is 0 Å². The van der Waals surface area contributed by atoms with Gasteiger partial charge in [-0.05, 0) is 12.1 Å². The predicted octanol–water partition coefficient (Wildman–Crippen LogP) is 0.935. The number of hydrogen-bond donors (Lipinski definition) is 3. The third-order valence-electron chi connectivity index (χ3n) is 3.22. The largest absolute Gasteiger partial charge is 0.350 e. The van der Waals surface area contributed by atoms with Gasteiger partial charge in [-0.3, -0.25) is 9.78 Å². The lowest BCUT2D eigenvalue weighted by Gasteiger charge is -2.03. The molecule has 0 bridgehead atoms. The fourth-order valence-corrected chi connectivity index (χ4v) is 2.02.